The van der Waals surface area contributed by atoms with E-state index in [0.29, 0.717) is 5.69 Å². The zero-order valence-corrected chi connectivity index (χ0v) is 9.19. The lowest BCUT2D eigenvalue weighted by molar-refractivity contribution is 0.553. The molecule has 0 spiro atoms. The van der Waals surface area contributed by atoms with Crippen molar-refractivity contribution in [2.45, 2.75) is 6.04 Å². The van der Waals surface area contributed by atoms with Crippen LogP contribution in [0.3, 0.4) is 0 Å². The molecule has 0 aliphatic carbocycles. The summed E-state index contributed by atoms with van der Waals surface area (Å²) in [6.45, 7) is 0. The van der Waals surface area contributed by atoms with Crippen LogP contribution in [0.4, 0.5) is 8.78 Å². The molecule has 2 aromatic rings. The monoisotopic (exact) mass is 235 g/mol. The standard InChI is InChI=1S/C12H11F2N3/c1-15-12(11-4-5-16-7-17-11)9-6-8(13)2-3-10(9)14/h2-7,12,15H,1H3. The van der Waals surface area contributed by atoms with Crippen molar-refractivity contribution >= 4 is 0 Å². The van der Waals surface area contributed by atoms with E-state index in [-0.39, 0.29) is 5.56 Å². The van der Waals surface area contributed by atoms with Gasteiger partial charge in [-0.05, 0) is 31.3 Å². The van der Waals surface area contributed by atoms with E-state index in [0.717, 1.165) is 12.1 Å². The second-order valence-corrected chi connectivity index (χ2v) is 3.52. The van der Waals surface area contributed by atoms with E-state index in [1.807, 2.05) is 0 Å². The summed E-state index contributed by atoms with van der Waals surface area (Å²) < 4.78 is 26.8. The van der Waals surface area contributed by atoms with Gasteiger partial charge < -0.3 is 5.32 Å². The van der Waals surface area contributed by atoms with Crippen molar-refractivity contribution in [2.75, 3.05) is 7.05 Å². The Hall–Kier alpha value is -1.88. The molecule has 0 aliphatic heterocycles. The van der Waals surface area contributed by atoms with Gasteiger partial charge in [0.2, 0.25) is 0 Å². The van der Waals surface area contributed by atoms with Crippen molar-refractivity contribution in [1.29, 1.82) is 0 Å². The number of nitrogens with zero attached hydrogens (tertiary/aromatic N) is 2. The molecule has 3 nitrogen and oxygen atoms in total. The van der Waals surface area contributed by atoms with Gasteiger partial charge in [-0.2, -0.15) is 0 Å². The first-order chi connectivity index (χ1) is 8.22. The summed E-state index contributed by atoms with van der Waals surface area (Å²) in [5, 5.41) is 2.91. The molecule has 1 aromatic carbocycles. The van der Waals surface area contributed by atoms with Crippen molar-refractivity contribution < 1.29 is 8.78 Å². The predicted octanol–water partition coefficient (Wildman–Crippen LogP) is 2.06. The molecule has 1 heterocycles. The third-order valence-electron chi connectivity index (χ3n) is 2.46. The van der Waals surface area contributed by atoms with Gasteiger partial charge in [0, 0.05) is 11.8 Å². The van der Waals surface area contributed by atoms with Crippen LogP contribution in [0.1, 0.15) is 17.3 Å². The molecule has 0 fully saturated rings. The molecular formula is C12H11F2N3. The third-order valence-corrected chi connectivity index (χ3v) is 2.46. The fourth-order valence-electron chi connectivity index (χ4n) is 1.67. The molecule has 5 heteroatoms. The normalized spacial score (nSPS) is 12.4. The molecule has 17 heavy (non-hydrogen) atoms. The Morgan fingerprint density at radius 3 is 2.71 bits per heavy atom. The van der Waals surface area contributed by atoms with Crippen LogP contribution in [0.15, 0.2) is 36.8 Å². The highest BCUT2D eigenvalue weighted by Crippen LogP contribution is 2.23. The summed E-state index contributed by atoms with van der Waals surface area (Å²) in [5.41, 5.74) is 0.818. The average molecular weight is 235 g/mol. The minimum absolute atomic E-state index is 0.228. The van der Waals surface area contributed by atoms with Crippen LogP contribution in [0.5, 0.6) is 0 Å². The molecule has 0 amide bonds. The summed E-state index contributed by atoms with van der Waals surface area (Å²) in [6.07, 6.45) is 2.93. The second kappa shape index (κ2) is 4.97. The number of halogens is 2. The number of hydrogen-bond acceptors (Lipinski definition) is 3. The summed E-state index contributed by atoms with van der Waals surface area (Å²) in [4.78, 5) is 7.82. The molecule has 0 radical (unpaired) electrons. The maximum Gasteiger partial charge on any atom is 0.128 e. The highest BCUT2D eigenvalue weighted by Gasteiger charge is 2.17. The van der Waals surface area contributed by atoms with Crippen molar-refractivity contribution in [3.8, 4) is 0 Å². The Morgan fingerprint density at radius 2 is 2.06 bits per heavy atom. The van der Waals surface area contributed by atoms with Gasteiger partial charge in [-0.1, -0.05) is 0 Å². The minimum Gasteiger partial charge on any atom is -0.308 e. The number of nitrogens with one attached hydrogen (secondary N) is 1. The van der Waals surface area contributed by atoms with Crippen LogP contribution < -0.4 is 5.32 Å². The largest absolute Gasteiger partial charge is 0.308 e. The first kappa shape index (κ1) is 11.6. The van der Waals surface area contributed by atoms with Crippen LogP contribution in [-0.4, -0.2) is 17.0 Å². The average Bonchev–Trinajstić information content (AvgIpc) is 2.36. The van der Waals surface area contributed by atoms with Gasteiger partial charge in [-0.3, -0.25) is 0 Å². The van der Waals surface area contributed by atoms with E-state index in [4.69, 9.17) is 0 Å². The van der Waals surface area contributed by atoms with Gasteiger partial charge >= 0.3 is 0 Å². The summed E-state index contributed by atoms with van der Waals surface area (Å²) in [6, 6.07) is 4.53. The Kier molecular flexibility index (Phi) is 3.39. The molecule has 1 atom stereocenters. The van der Waals surface area contributed by atoms with E-state index in [1.165, 1.54) is 12.4 Å². The number of rotatable bonds is 3. The molecule has 88 valence electrons. The Balaban J connectivity index is 2.46. The molecule has 2 rings (SSSR count). The second-order valence-electron chi connectivity index (χ2n) is 3.52. The maximum absolute atomic E-state index is 13.6. The van der Waals surface area contributed by atoms with Crippen molar-refractivity contribution in [2.24, 2.45) is 0 Å². The van der Waals surface area contributed by atoms with E-state index >= 15 is 0 Å². The van der Waals surface area contributed by atoms with Crippen molar-refractivity contribution in [1.82, 2.24) is 15.3 Å². The minimum atomic E-state index is -0.492. The van der Waals surface area contributed by atoms with E-state index < -0.39 is 17.7 Å². The predicted molar refractivity (Wildman–Crippen MR) is 59.3 cm³/mol. The lowest BCUT2D eigenvalue weighted by Gasteiger charge is -2.16. The Bertz CT molecular complexity index is 502. The quantitative estimate of drug-likeness (QED) is 0.884. The highest BCUT2D eigenvalue weighted by atomic mass is 19.1. The molecule has 1 N–H and O–H groups in total. The van der Waals surface area contributed by atoms with Crippen molar-refractivity contribution in [3.05, 3.63) is 59.7 Å². The molecule has 0 saturated carbocycles. The van der Waals surface area contributed by atoms with E-state index in [2.05, 4.69) is 15.3 Å². The fourth-order valence-corrected chi connectivity index (χ4v) is 1.67. The first-order valence-electron chi connectivity index (χ1n) is 5.10. The first-order valence-corrected chi connectivity index (χ1v) is 5.10. The zero-order chi connectivity index (χ0) is 12.3. The molecule has 0 aliphatic rings. The number of aromatic nitrogens is 2. The van der Waals surface area contributed by atoms with Gasteiger partial charge in [0.1, 0.15) is 18.0 Å². The van der Waals surface area contributed by atoms with E-state index in [1.54, 1.807) is 19.3 Å². The Labute approximate surface area is 97.5 Å². The fraction of sp³-hybridized carbons (Fsp3) is 0.167. The number of hydrogen-bond donors (Lipinski definition) is 1. The lowest BCUT2D eigenvalue weighted by Crippen LogP contribution is -2.20. The van der Waals surface area contributed by atoms with Crippen LogP contribution in [-0.2, 0) is 0 Å². The molecule has 1 unspecified atom stereocenters. The molecule has 0 bridgehead atoms. The third kappa shape index (κ3) is 2.45. The molecular weight excluding hydrogens is 224 g/mol. The SMILES string of the molecule is CNC(c1ccncn1)c1cc(F)ccc1F. The smallest absolute Gasteiger partial charge is 0.128 e. The highest BCUT2D eigenvalue weighted by molar-refractivity contribution is 5.28. The summed E-state index contributed by atoms with van der Waals surface area (Å²) in [7, 11) is 1.66. The maximum atomic E-state index is 13.6. The topological polar surface area (TPSA) is 37.8 Å². The van der Waals surface area contributed by atoms with Crippen LogP contribution >= 0.6 is 0 Å². The van der Waals surface area contributed by atoms with Gasteiger partial charge in [-0.15, -0.1) is 0 Å². The summed E-state index contributed by atoms with van der Waals surface area (Å²) in [5.74, 6) is -0.944. The van der Waals surface area contributed by atoms with Crippen molar-refractivity contribution in [3.63, 3.8) is 0 Å². The number of benzene rings is 1. The Morgan fingerprint density at radius 1 is 1.24 bits per heavy atom. The van der Waals surface area contributed by atoms with Crippen LogP contribution in [0.2, 0.25) is 0 Å². The molecule has 1 aromatic heterocycles. The lowest BCUT2D eigenvalue weighted by atomic mass is 10.0. The van der Waals surface area contributed by atoms with Gasteiger partial charge in [0.25, 0.3) is 0 Å². The summed E-state index contributed by atoms with van der Waals surface area (Å²) >= 11 is 0. The zero-order valence-electron chi connectivity index (χ0n) is 9.19. The van der Waals surface area contributed by atoms with E-state index in [9.17, 15) is 8.78 Å². The van der Waals surface area contributed by atoms with Crippen LogP contribution in [0.25, 0.3) is 0 Å². The van der Waals surface area contributed by atoms with Gasteiger partial charge in [0.15, 0.2) is 0 Å². The molecule has 0 saturated heterocycles. The van der Waals surface area contributed by atoms with Gasteiger partial charge in [-0.25, -0.2) is 18.7 Å². The van der Waals surface area contributed by atoms with Gasteiger partial charge in [0.05, 0.1) is 11.7 Å². The van der Waals surface area contributed by atoms with Crippen LogP contribution in [0, 0.1) is 11.6 Å².